The summed E-state index contributed by atoms with van der Waals surface area (Å²) in [6.45, 7) is 0.503. The van der Waals surface area contributed by atoms with Crippen molar-refractivity contribution in [3.63, 3.8) is 0 Å². The monoisotopic (exact) mass is 381 g/mol. The lowest BCUT2D eigenvalue weighted by Crippen LogP contribution is -2.09. The van der Waals surface area contributed by atoms with E-state index in [1.807, 2.05) is 24.3 Å². The summed E-state index contributed by atoms with van der Waals surface area (Å²) < 4.78 is 1.69. The Morgan fingerprint density at radius 2 is 2.11 bits per heavy atom. The van der Waals surface area contributed by atoms with Crippen LogP contribution >= 0.6 is 11.8 Å². The first-order valence-corrected chi connectivity index (χ1v) is 9.14. The zero-order chi connectivity index (χ0) is 18.6. The zero-order valence-electron chi connectivity index (χ0n) is 14.1. The van der Waals surface area contributed by atoms with Crippen molar-refractivity contribution in [1.29, 1.82) is 0 Å². The van der Waals surface area contributed by atoms with E-state index in [1.165, 1.54) is 17.8 Å². The molecule has 10 heteroatoms. The fourth-order valence-electron chi connectivity index (χ4n) is 2.57. The van der Waals surface area contributed by atoms with Crippen molar-refractivity contribution >= 4 is 34.3 Å². The number of anilines is 1. The molecule has 0 spiro atoms. The molecular weight excluding hydrogens is 366 g/mol. The number of hydrogen-bond acceptors (Lipinski definition) is 7. The number of thioether (sulfide) groups is 1. The maximum atomic E-state index is 11.3. The summed E-state index contributed by atoms with van der Waals surface area (Å²) in [4.78, 5) is 26.9. The molecule has 0 aliphatic rings. The van der Waals surface area contributed by atoms with Gasteiger partial charge in [0.25, 0.3) is 0 Å². The van der Waals surface area contributed by atoms with Gasteiger partial charge in [0.15, 0.2) is 5.16 Å². The number of nitro groups is 1. The highest BCUT2D eigenvalue weighted by Crippen LogP contribution is 2.24. The lowest BCUT2D eigenvalue weighted by Gasteiger charge is -2.08. The van der Waals surface area contributed by atoms with Crippen LogP contribution in [0.15, 0.2) is 60.3 Å². The molecule has 0 atom stereocenters. The van der Waals surface area contributed by atoms with Gasteiger partial charge < -0.3 is 10.3 Å². The Kier molecular flexibility index (Phi) is 4.71. The van der Waals surface area contributed by atoms with Crippen molar-refractivity contribution in [2.75, 3.05) is 17.6 Å². The second-order valence-electron chi connectivity index (χ2n) is 5.60. The summed E-state index contributed by atoms with van der Waals surface area (Å²) in [5.41, 5.74) is 1.84. The van der Waals surface area contributed by atoms with Crippen molar-refractivity contribution in [3.8, 4) is 5.82 Å². The first-order valence-electron chi connectivity index (χ1n) is 8.16. The van der Waals surface area contributed by atoms with Crippen molar-refractivity contribution in [2.24, 2.45) is 0 Å². The smallest absolute Gasteiger partial charge is 0.311 e. The van der Waals surface area contributed by atoms with Gasteiger partial charge in [-0.2, -0.15) is 0 Å². The molecule has 0 unspecified atom stereocenters. The number of rotatable bonds is 7. The Bertz CT molecular complexity index is 1050. The molecule has 0 radical (unpaired) electrons. The second-order valence-corrected chi connectivity index (χ2v) is 6.68. The first-order chi connectivity index (χ1) is 13.2. The van der Waals surface area contributed by atoms with Gasteiger partial charge in [-0.25, -0.2) is 15.0 Å². The van der Waals surface area contributed by atoms with E-state index in [0.29, 0.717) is 18.1 Å². The number of H-pyrrole nitrogens is 1. The van der Waals surface area contributed by atoms with E-state index in [-0.39, 0.29) is 11.5 Å². The standard InChI is InChI=1S/C17H15N7O2S/c25-24(26)14-5-6-15(23-9-7-18-11-23)22-16(14)19-8-10-27-17-20-12-3-1-2-4-13(12)21-17/h1-7,9,11H,8,10H2,(H,19,22)(H,20,21). The molecule has 27 heavy (non-hydrogen) atoms. The van der Waals surface area contributed by atoms with Crippen LogP contribution in [0.2, 0.25) is 0 Å². The molecule has 2 N–H and O–H groups in total. The largest absolute Gasteiger partial charge is 0.363 e. The molecule has 0 aliphatic carbocycles. The highest BCUT2D eigenvalue weighted by atomic mass is 32.2. The predicted molar refractivity (Wildman–Crippen MR) is 103 cm³/mol. The first kappa shape index (κ1) is 17.0. The molecule has 9 nitrogen and oxygen atoms in total. The Morgan fingerprint density at radius 1 is 1.22 bits per heavy atom. The summed E-state index contributed by atoms with van der Waals surface area (Å²) in [7, 11) is 0. The zero-order valence-corrected chi connectivity index (χ0v) is 14.9. The lowest BCUT2D eigenvalue weighted by atomic mass is 10.3. The summed E-state index contributed by atoms with van der Waals surface area (Å²) in [6, 6.07) is 10.8. The molecule has 3 aromatic heterocycles. The SMILES string of the molecule is O=[N+]([O-])c1ccc(-n2ccnc2)nc1NCCSc1nc2ccccc2[nH]1. The third-order valence-electron chi connectivity index (χ3n) is 3.83. The van der Waals surface area contributed by atoms with Crippen LogP contribution in [-0.4, -0.2) is 41.7 Å². The average molecular weight is 381 g/mol. The van der Waals surface area contributed by atoms with Crippen LogP contribution < -0.4 is 5.32 Å². The highest BCUT2D eigenvalue weighted by Gasteiger charge is 2.16. The van der Waals surface area contributed by atoms with Crippen LogP contribution in [-0.2, 0) is 0 Å². The minimum atomic E-state index is -0.445. The van der Waals surface area contributed by atoms with Gasteiger partial charge >= 0.3 is 5.69 Å². The van der Waals surface area contributed by atoms with Gasteiger partial charge in [-0.1, -0.05) is 23.9 Å². The lowest BCUT2D eigenvalue weighted by molar-refractivity contribution is -0.384. The van der Waals surface area contributed by atoms with Crippen LogP contribution in [0.25, 0.3) is 16.9 Å². The quantitative estimate of drug-likeness (QED) is 0.218. The third kappa shape index (κ3) is 3.75. The topological polar surface area (TPSA) is 115 Å². The maximum absolute atomic E-state index is 11.3. The number of benzene rings is 1. The van der Waals surface area contributed by atoms with E-state index in [1.54, 1.807) is 29.4 Å². The average Bonchev–Trinajstić information content (AvgIpc) is 3.34. The molecule has 0 aliphatic heterocycles. The number of aromatic amines is 1. The molecule has 4 rings (SSSR count). The van der Waals surface area contributed by atoms with Crippen LogP contribution in [0.5, 0.6) is 0 Å². The minimum Gasteiger partial charge on any atom is -0.363 e. The summed E-state index contributed by atoms with van der Waals surface area (Å²) in [5.74, 6) is 1.47. The van der Waals surface area contributed by atoms with E-state index in [0.717, 1.165) is 16.2 Å². The van der Waals surface area contributed by atoms with E-state index in [2.05, 4.69) is 25.3 Å². The van der Waals surface area contributed by atoms with Crippen molar-refractivity contribution < 1.29 is 4.92 Å². The molecule has 0 saturated carbocycles. The van der Waals surface area contributed by atoms with Gasteiger partial charge in [0.2, 0.25) is 5.82 Å². The summed E-state index contributed by atoms with van der Waals surface area (Å²) >= 11 is 1.54. The van der Waals surface area contributed by atoms with Crippen LogP contribution in [0.4, 0.5) is 11.5 Å². The molecule has 0 amide bonds. The molecule has 3 heterocycles. The Morgan fingerprint density at radius 3 is 2.89 bits per heavy atom. The highest BCUT2D eigenvalue weighted by molar-refractivity contribution is 7.99. The molecule has 136 valence electrons. The summed E-state index contributed by atoms with van der Waals surface area (Å²) in [5, 5.41) is 15.1. The molecule has 0 fully saturated rings. The fraction of sp³-hybridized carbons (Fsp3) is 0.118. The van der Waals surface area contributed by atoms with Gasteiger partial charge in [-0.15, -0.1) is 0 Å². The van der Waals surface area contributed by atoms with Gasteiger partial charge in [0.05, 0.1) is 16.0 Å². The third-order valence-corrected chi connectivity index (χ3v) is 4.70. The van der Waals surface area contributed by atoms with Crippen molar-refractivity contribution in [3.05, 3.63) is 65.2 Å². The molecule has 4 aromatic rings. The normalized spacial score (nSPS) is 11.0. The number of para-hydroxylation sites is 2. The molecular formula is C17H15N7O2S. The van der Waals surface area contributed by atoms with Gasteiger partial charge in [0, 0.05) is 30.8 Å². The number of fused-ring (bicyclic) bond motifs is 1. The van der Waals surface area contributed by atoms with E-state index >= 15 is 0 Å². The minimum absolute atomic E-state index is 0.0624. The van der Waals surface area contributed by atoms with Gasteiger partial charge in [0.1, 0.15) is 12.1 Å². The van der Waals surface area contributed by atoms with Gasteiger partial charge in [-0.05, 0) is 18.2 Å². The number of hydrogen-bond donors (Lipinski definition) is 2. The number of nitrogens with zero attached hydrogens (tertiary/aromatic N) is 5. The van der Waals surface area contributed by atoms with Crippen LogP contribution in [0.3, 0.4) is 0 Å². The summed E-state index contributed by atoms with van der Waals surface area (Å²) in [6.07, 6.45) is 4.95. The number of aromatic nitrogens is 5. The van der Waals surface area contributed by atoms with Crippen LogP contribution in [0.1, 0.15) is 0 Å². The van der Waals surface area contributed by atoms with E-state index in [4.69, 9.17) is 0 Å². The van der Waals surface area contributed by atoms with Crippen molar-refractivity contribution in [1.82, 2.24) is 24.5 Å². The van der Waals surface area contributed by atoms with Crippen molar-refractivity contribution in [2.45, 2.75) is 5.16 Å². The maximum Gasteiger partial charge on any atom is 0.311 e. The Hall–Kier alpha value is -3.40. The predicted octanol–water partition coefficient (Wildman–Crippen LogP) is 3.26. The van der Waals surface area contributed by atoms with Gasteiger partial charge in [-0.3, -0.25) is 14.7 Å². The second kappa shape index (κ2) is 7.46. The number of nitrogens with one attached hydrogen (secondary N) is 2. The number of pyridine rings is 1. The van der Waals surface area contributed by atoms with E-state index < -0.39 is 4.92 Å². The van der Waals surface area contributed by atoms with Crippen LogP contribution in [0, 0.1) is 10.1 Å². The molecule has 0 bridgehead atoms. The molecule has 1 aromatic carbocycles. The van der Waals surface area contributed by atoms with E-state index in [9.17, 15) is 10.1 Å². The Labute approximate surface area is 158 Å². The fourth-order valence-corrected chi connectivity index (χ4v) is 3.31. The number of imidazole rings is 2. The Balaban J connectivity index is 1.43. The molecule has 0 saturated heterocycles.